The summed E-state index contributed by atoms with van der Waals surface area (Å²) in [5.41, 5.74) is 2.84. The van der Waals surface area contributed by atoms with E-state index in [2.05, 4.69) is 9.88 Å². The number of rotatable bonds is 2. The Labute approximate surface area is 94.2 Å². The maximum atomic E-state index is 11.4. The number of carbonyl (C=O) groups is 1. The van der Waals surface area contributed by atoms with Crippen molar-refractivity contribution < 1.29 is 9.53 Å². The Morgan fingerprint density at radius 1 is 1.50 bits per heavy atom. The molecule has 4 heteroatoms. The van der Waals surface area contributed by atoms with Crippen LogP contribution >= 0.6 is 0 Å². The Balaban J connectivity index is 1.85. The number of fused-ring (bicyclic) bond motifs is 1. The Morgan fingerprint density at radius 2 is 2.31 bits per heavy atom. The van der Waals surface area contributed by atoms with E-state index < -0.39 is 0 Å². The number of carbonyl (C=O) groups excluding carboxylic acids is 1. The minimum atomic E-state index is -0.305. The fourth-order valence-electron chi connectivity index (χ4n) is 2.21. The second-order valence-corrected chi connectivity index (χ2v) is 4.46. The summed E-state index contributed by atoms with van der Waals surface area (Å²) in [6.07, 6.45) is 4.22. The van der Waals surface area contributed by atoms with Crippen LogP contribution in [0.4, 0.5) is 0 Å². The van der Waals surface area contributed by atoms with Crippen LogP contribution in [0, 0.1) is 0 Å². The molecule has 3 rings (SSSR count). The van der Waals surface area contributed by atoms with E-state index in [4.69, 9.17) is 4.74 Å². The molecule has 0 aromatic carbocycles. The molecular formula is C12H14N2O2. The van der Waals surface area contributed by atoms with Crippen LogP contribution < -0.4 is 0 Å². The number of pyridine rings is 1. The molecule has 84 valence electrons. The number of hydrogen-bond acceptors (Lipinski definition) is 4. The standard InChI is InChI=1S/C12H14N2O2/c1-16-12(15)8-4-9-6-14(10-2-3-10)7-11(9)13-5-8/h4-5,10H,2-3,6-7H2,1H3. The van der Waals surface area contributed by atoms with Gasteiger partial charge in [0.05, 0.1) is 18.4 Å². The first-order valence-corrected chi connectivity index (χ1v) is 5.58. The van der Waals surface area contributed by atoms with Crippen molar-refractivity contribution >= 4 is 5.97 Å². The van der Waals surface area contributed by atoms with E-state index >= 15 is 0 Å². The van der Waals surface area contributed by atoms with Gasteiger partial charge < -0.3 is 4.74 Å². The first-order chi connectivity index (χ1) is 7.78. The van der Waals surface area contributed by atoms with Crippen LogP contribution in [0.15, 0.2) is 12.3 Å². The molecule has 0 N–H and O–H groups in total. The molecule has 4 nitrogen and oxygen atoms in total. The summed E-state index contributed by atoms with van der Waals surface area (Å²) in [4.78, 5) is 18.1. The monoisotopic (exact) mass is 218 g/mol. The normalized spacial score (nSPS) is 19.6. The molecule has 1 aromatic heterocycles. The fraction of sp³-hybridized carbons (Fsp3) is 0.500. The van der Waals surface area contributed by atoms with Gasteiger partial charge in [0.25, 0.3) is 0 Å². The van der Waals surface area contributed by atoms with Crippen molar-refractivity contribution in [3.63, 3.8) is 0 Å². The second-order valence-electron chi connectivity index (χ2n) is 4.46. The topological polar surface area (TPSA) is 42.4 Å². The van der Waals surface area contributed by atoms with Crippen LogP contribution in [0.3, 0.4) is 0 Å². The Hall–Kier alpha value is -1.42. The summed E-state index contributed by atoms with van der Waals surface area (Å²) in [6.45, 7) is 1.86. The summed E-state index contributed by atoms with van der Waals surface area (Å²) in [5, 5.41) is 0. The van der Waals surface area contributed by atoms with Gasteiger partial charge in [-0.15, -0.1) is 0 Å². The van der Waals surface area contributed by atoms with E-state index in [9.17, 15) is 4.79 Å². The summed E-state index contributed by atoms with van der Waals surface area (Å²) < 4.78 is 4.69. The van der Waals surface area contributed by atoms with E-state index in [1.165, 1.54) is 25.5 Å². The zero-order chi connectivity index (χ0) is 11.1. The van der Waals surface area contributed by atoms with Crippen LogP contribution in [-0.2, 0) is 17.8 Å². The zero-order valence-corrected chi connectivity index (χ0v) is 9.27. The number of ether oxygens (including phenoxy) is 1. The first-order valence-electron chi connectivity index (χ1n) is 5.58. The molecule has 1 fully saturated rings. The minimum Gasteiger partial charge on any atom is -0.465 e. The van der Waals surface area contributed by atoms with E-state index in [-0.39, 0.29) is 5.97 Å². The number of esters is 1. The summed E-state index contributed by atoms with van der Waals surface area (Å²) in [5.74, 6) is -0.305. The molecule has 1 aliphatic carbocycles. The van der Waals surface area contributed by atoms with Crippen LogP contribution in [-0.4, -0.2) is 29.0 Å². The third-order valence-corrected chi connectivity index (χ3v) is 3.27. The molecule has 0 spiro atoms. The first kappa shape index (κ1) is 9.78. The minimum absolute atomic E-state index is 0.305. The SMILES string of the molecule is COC(=O)c1cnc2c(c1)CN(C1CC1)C2. The fourth-order valence-corrected chi connectivity index (χ4v) is 2.21. The lowest BCUT2D eigenvalue weighted by Crippen LogP contribution is -2.18. The van der Waals surface area contributed by atoms with E-state index in [1.807, 2.05) is 6.07 Å². The maximum absolute atomic E-state index is 11.4. The molecule has 1 aromatic rings. The van der Waals surface area contributed by atoms with Gasteiger partial charge in [0.1, 0.15) is 0 Å². The van der Waals surface area contributed by atoms with Crippen LogP contribution in [0.1, 0.15) is 34.5 Å². The Kier molecular flexibility index (Phi) is 2.17. The van der Waals surface area contributed by atoms with Gasteiger partial charge in [0.15, 0.2) is 0 Å². The molecular weight excluding hydrogens is 204 g/mol. The highest BCUT2D eigenvalue weighted by Gasteiger charge is 2.33. The molecule has 0 atom stereocenters. The molecule has 2 aliphatic rings. The molecule has 0 amide bonds. The molecule has 0 saturated heterocycles. The van der Waals surface area contributed by atoms with Gasteiger partial charge in [-0.05, 0) is 24.5 Å². The number of nitrogens with zero attached hydrogens (tertiary/aromatic N) is 2. The number of hydrogen-bond donors (Lipinski definition) is 0. The smallest absolute Gasteiger partial charge is 0.339 e. The van der Waals surface area contributed by atoms with Gasteiger partial charge in [0, 0.05) is 25.3 Å². The van der Waals surface area contributed by atoms with Gasteiger partial charge in [-0.25, -0.2) is 4.79 Å². The lowest BCUT2D eigenvalue weighted by molar-refractivity contribution is 0.0600. The van der Waals surface area contributed by atoms with Crippen molar-refractivity contribution in [2.45, 2.75) is 32.0 Å². The Bertz CT molecular complexity index is 441. The van der Waals surface area contributed by atoms with Crippen molar-refractivity contribution in [3.8, 4) is 0 Å². The molecule has 0 bridgehead atoms. The number of aromatic nitrogens is 1. The Morgan fingerprint density at radius 3 is 3.00 bits per heavy atom. The largest absolute Gasteiger partial charge is 0.465 e. The van der Waals surface area contributed by atoms with E-state index in [0.717, 1.165) is 24.8 Å². The molecule has 2 heterocycles. The van der Waals surface area contributed by atoms with Crippen LogP contribution in [0.2, 0.25) is 0 Å². The van der Waals surface area contributed by atoms with Gasteiger partial charge in [-0.1, -0.05) is 0 Å². The lowest BCUT2D eigenvalue weighted by atomic mass is 10.2. The van der Waals surface area contributed by atoms with Gasteiger partial charge in [-0.3, -0.25) is 9.88 Å². The third-order valence-electron chi connectivity index (χ3n) is 3.27. The predicted molar refractivity (Wildman–Crippen MR) is 57.8 cm³/mol. The van der Waals surface area contributed by atoms with Crippen molar-refractivity contribution in [3.05, 3.63) is 29.1 Å². The van der Waals surface area contributed by atoms with Gasteiger partial charge in [-0.2, -0.15) is 0 Å². The molecule has 0 unspecified atom stereocenters. The summed E-state index contributed by atoms with van der Waals surface area (Å²) in [7, 11) is 1.39. The summed E-state index contributed by atoms with van der Waals surface area (Å²) >= 11 is 0. The third kappa shape index (κ3) is 1.59. The predicted octanol–water partition coefficient (Wildman–Crippen LogP) is 1.35. The van der Waals surface area contributed by atoms with Crippen molar-refractivity contribution in [1.29, 1.82) is 0 Å². The quantitative estimate of drug-likeness (QED) is 0.703. The zero-order valence-electron chi connectivity index (χ0n) is 9.27. The van der Waals surface area contributed by atoms with E-state index in [1.54, 1.807) is 6.20 Å². The van der Waals surface area contributed by atoms with Gasteiger partial charge >= 0.3 is 5.97 Å². The number of methoxy groups -OCH3 is 1. The highest BCUT2D eigenvalue weighted by molar-refractivity contribution is 5.89. The van der Waals surface area contributed by atoms with Crippen LogP contribution in [0.25, 0.3) is 0 Å². The molecule has 1 aliphatic heterocycles. The van der Waals surface area contributed by atoms with Crippen LogP contribution in [0.5, 0.6) is 0 Å². The van der Waals surface area contributed by atoms with Crippen molar-refractivity contribution in [2.75, 3.05) is 7.11 Å². The lowest BCUT2D eigenvalue weighted by Gasteiger charge is -2.11. The van der Waals surface area contributed by atoms with Crippen molar-refractivity contribution in [1.82, 2.24) is 9.88 Å². The maximum Gasteiger partial charge on any atom is 0.339 e. The summed E-state index contributed by atoms with van der Waals surface area (Å²) in [6, 6.07) is 2.66. The average molecular weight is 218 g/mol. The average Bonchev–Trinajstić information content (AvgIpc) is 3.07. The second kappa shape index (κ2) is 3.56. The molecule has 0 radical (unpaired) electrons. The highest BCUT2D eigenvalue weighted by atomic mass is 16.5. The van der Waals surface area contributed by atoms with Gasteiger partial charge in [0.2, 0.25) is 0 Å². The highest BCUT2D eigenvalue weighted by Crippen LogP contribution is 2.33. The molecule has 16 heavy (non-hydrogen) atoms. The van der Waals surface area contributed by atoms with E-state index in [0.29, 0.717) is 5.56 Å². The molecule has 1 saturated carbocycles. The van der Waals surface area contributed by atoms with Crippen molar-refractivity contribution in [2.24, 2.45) is 0 Å².